The Hall–Kier alpha value is -0.380. The zero-order valence-electron chi connectivity index (χ0n) is 4.29. The lowest BCUT2D eigenvalue weighted by atomic mass is 10.4. The van der Waals surface area contributed by atoms with Gasteiger partial charge in [0.2, 0.25) is 0 Å². The maximum absolute atomic E-state index is 8.19. The van der Waals surface area contributed by atoms with Crippen molar-refractivity contribution in [1.29, 1.82) is 0 Å². The van der Waals surface area contributed by atoms with E-state index >= 15 is 0 Å². The van der Waals surface area contributed by atoms with Crippen LogP contribution in [0.5, 0.6) is 0 Å². The molecule has 0 atom stereocenters. The molecule has 1 aromatic heterocycles. The Morgan fingerprint density at radius 1 is 1.75 bits per heavy atom. The third-order valence-corrected chi connectivity index (χ3v) is 1.60. The molecule has 0 aromatic carbocycles. The Morgan fingerprint density at radius 3 is 3.12 bits per heavy atom. The van der Waals surface area contributed by atoms with Crippen LogP contribution in [0.4, 0.5) is 0 Å². The summed E-state index contributed by atoms with van der Waals surface area (Å²) in [7, 11) is 0. The SMILES string of the molecule is ONCc1ccsc1. The maximum Gasteiger partial charge on any atom is 0.0466 e. The van der Waals surface area contributed by atoms with E-state index in [0.717, 1.165) is 5.56 Å². The highest BCUT2D eigenvalue weighted by Crippen LogP contribution is 2.03. The van der Waals surface area contributed by atoms with Gasteiger partial charge in [-0.05, 0) is 22.4 Å². The van der Waals surface area contributed by atoms with Crippen molar-refractivity contribution >= 4 is 11.3 Å². The molecule has 1 aromatic rings. The molecule has 3 heteroatoms. The van der Waals surface area contributed by atoms with Crippen LogP contribution in [-0.4, -0.2) is 5.21 Å². The van der Waals surface area contributed by atoms with Crippen LogP contribution in [0.2, 0.25) is 0 Å². The fourth-order valence-electron chi connectivity index (χ4n) is 0.485. The average molecular weight is 129 g/mol. The minimum Gasteiger partial charge on any atom is -0.316 e. The van der Waals surface area contributed by atoms with E-state index in [1.54, 1.807) is 11.3 Å². The molecule has 2 N–H and O–H groups in total. The van der Waals surface area contributed by atoms with E-state index in [2.05, 4.69) is 5.48 Å². The fraction of sp³-hybridized carbons (Fsp3) is 0.200. The summed E-state index contributed by atoms with van der Waals surface area (Å²) in [6.07, 6.45) is 0. The highest BCUT2D eigenvalue weighted by molar-refractivity contribution is 7.07. The molecule has 2 nitrogen and oxygen atoms in total. The van der Waals surface area contributed by atoms with E-state index in [0.29, 0.717) is 6.54 Å². The van der Waals surface area contributed by atoms with Gasteiger partial charge in [-0.1, -0.05) is 0 Å². The van der Waals surface area contributed by atoms with Crippen molar-refractivity contribution in [2.75, 3.05) is 0 Å². The van der Waals surface area contributed by atoms with E-state index in [4.69, 9.17) is 5.21 Å². The van der Waals surface area contributed by atoms with Gasteiger partial charge in [0, 0.05) is 6.54 Å². The maximum atomic E-state index is 8.19. The molecule has 0 aliphatic carbocycles. The van der Waals surface area contributed by atoms with Crippen molar-refractivity contribution in [3.05, 3.63) is 22.4 Å². The van der Waals surface area contributed by atoms with E-state index in [-0.39, 0.29) is 0 Å². The normalized spacial score (nSPS) is 9.62. The highest BCUT2D eigenvalue weighted by Gasteiger charge is 1.86. The second kappa shape index (κ2) is 2.81. The largest absolute Gasteiger partial charge is 0.316 e. The van der Waals surface area contributed by atoms with Crippen LogP contribution in [0.1, 0.15) is 5.56 Å². The van der Waals surface area contributed by atoms with Crippen molar-refractivity contribution in [3.8, 4) is 0 Å². The Balaban J connectivity index is 2.50. The first-order chi connectivity index (χ1) is 3.93. The zero-order valence-corrected chi connectivity index (χ0v) is 5.11. The Labute approximate surface area is 51.7 Å². The molecule has 0 bridgehead atoms. The number of hydrogen-bond donors (Lipinski definition) is 2. The Bertz CT molecular complexity index is 138. The summed E-state index contributed by atoms with van der Waals surface area (Å²) in [5.74, 6) is 0. The van der Waals surface area contributed by atoms with Crippen molar-refractivity contribution in [2.24, 2.45) is 0 Å². The third kappa shape index (κ3) is 1.30. The zero-order chi connectivity index (χ0) is 5.82. The molecule has 0 aliphatic rings. The summed E-state index contributed by atoms with van der Waals surface area (Å²) in [6, 6.07) is 1.97. The Kier molecular flexibility index (Phi) is 2.02. The van der Waals surface area contributed by atoms with Crippen LogP contribution in [0, 0.1) is 0 Å². The molecule has 44 valence electrons. The number of hydrogen-bond acceptors (Lipinski definition) is 3. The summed E-state index contributed by atoms with van der Waals surface area (Å²) < 4.78 is 0. The van der Waals surface area contributed by atoms with E-state index < -0.39 is 0 Å². The molecule has 0 saturated carbocycles. The van der Waals surface area contributed by atoms with Gasteiger partial charge in [0.05, 0.1) is 0 Å². The monoisotopic (exact) mass is 129 g/mol. The molecule has 8 heavy (non-hydrogen) atoms. The summed E-state index contributed by atoms with van der Waals surface area (Å²) >= 11 is 1.63. The predicted octanol–water partition coefficient (Wildman–Crippen LogP) is 1.23. The number of rotatable bonds is 2. The molecular formula is C5H7NOS. The Morgan fingerprint density at radius 2 is 2.62 bits per heavy atom. The molecule has 0 radical (unpaired) electrons. The summed E-state index contributed by atoms with van der Waals surface area (Å²) in [6.45, 7) is 0.545. The fourth-order valence-corrected chi connectivity index (χ4v) is 1.15. The summed E-state index contributed by atoms with van der Waals surface area (Å²) in [4.78, 5) is 0. The number of thiophene rings is 1. The van der Waals surface area contributed by atoms with E-state index in [1.165, 1.54) is 0 Å². The van der Waals surface area contributed by atoms with Gasteiger partial charge in [-0.25, -0.2) is 5.48 Å². The molecule has 1 rings (SSSR count). The molecule has 0 amide bonds. The van der Waals surface area contributed by atoms with Gasteiger partial charge in [0.15, 0.2) is 0 Å². The van der Waals surface area contributed by atoms with Gasteiger partial charge in [-0.15, -0.1) is 0 Å². The van der Waals surface area contributed by atoms with Crippen molar-refractivity contribution in [1.82, 2.24) is 5.48 Å². The van der Waals surface area contributed by atoms with Crippen LogP contribution in [0.3, 0.4) is 0 Å². The molecular weight excluding hydrogens is 122 g/mol. The standard InChI is InChI=1S/C5H7NOS/c7-6-3-5-1-2-8-4-5/h1-2,4,6-7H,3H2. The molecule has 0 aliphatic heterocycles. The van der Waals surface area contributed by atoms with E-state index in [1.807, 2.05) is 16.8 Å². The summed E-state index contributed by atoms with van der Waals surface area (Å²) in [5, 5.41) is 12.2. The molecule has 0 unspecified atom stereocenters. The smallest absolute Gasteiger partial charge is 0.0466 e. The summed E-state index contributed by atoms with van der Waals surface area (Å²) in [5.41, 5.74) is 3.20. The topological polar surface area (TPSA) is 32.3 Å². The van der Waals surface area contributed by atoms with Gasteiger partial charge >= 0.3 is 0 Å². The van der Waals surface area contributed by atoms with Crippen molar-refractivity contribution in [2.45, 2.75) is 6.54 Å². The van der Waals surface area contributed by atoms with Gasteiger partial charge in [0.1, 0.15) is 0 Å². The lowest BCUT2D eigenvalue weighted by molar-refractivity contribution is 0.161. The average Bonchev–Trinajstić information content (AvgIpc) is 2.19. The minimum atomic E-state index is 0.545. The highest BCUT2D eigenvalue weighted by atomic mass is 32.1. The lowest BCUT2D eigenvalue weighted by Gasteiger charge is -1.88. The van der Waals surface area contributed by atoms with Crippen LogP contribution in [-0.2, 0) is 6.54 Å². The molecule has 0 fully saturated rings. The second-order valence-electron chi connectivity index (χ2n) is 1.47. The first-order valence-electron chi connectivity index (χ1n) is 2.31. The first kappa shape index (κ1) is 5.75. The molecule has 1 heterocycles. The van der Waals surface area contributed by atoms with Crippen LogP contribution >= 0.6 is 11.3 Å². The van der Waals surface area contributed by atoms with Crippen LogP contribution < -0.4 is 5.48 Å². The third-order valence-electron chi connectivity index (χ3n) is 0.863. The van der Waals surface area contributed by atoms with Crippen molar-refractivity contribution in [3.63, 3.8) is 0 Å². The first-order valence-corrected chi connectivity index (χ1v) is 3.26. The van der Waals surface area contributed by atoms with E-state index in [9.17, 15) is 0 Å². The van der Waals surface area contributed by atoms with Crippen LogP contribution in [0.25, 0.3) is 0 Å². The van der Waals surface area contributed by atoms with Gasteiger partial charge in [-0.2, -0.15) is 11.3 Å². The van der Waals surface area contributed by atoms with Crippen LogP contribution in [0.15, 0.2) is 16.8 Å². The number of hydroxylamine groups is 1. The second-order valence-corrected chi connectivity index (χ2v) is 2.25. The predicted molar refractivity (Wildman–Crippen MR) is 32.9 cm³/mol. The van der Waals surface area contributed by atoms with Gasteiger partial charge in [0.25, 0.3) is 0 Å². The molecule has 0 saturated heterocycles. The number of nitrogens with one attached hydrogen (secondary N) is 1. The quantitative estimate of drug-likeness (QED) is 0.588. The minimum absolute atomic E-state index is 0.545. The van der Waals surface area contributed by atoms with Gasteiger partial charge in [-0.3, -0.25) is 0 Å². The lowest BCUT2D eigenvalue weighted by Crippen LogP contribution is -2.04. The van der Waals surface area contributed by atoms with Gasteiger partial charge < -0.3 is 5.21 Å². The van der Waals surface area contributed by atoms with Crippen molar-refractivity contribution < 1.29 is 5.21 Å². The molecule has 0 spiro atoms.